The van der Waals surface area contributed by atoms with E-state index >= 15 is 0 Å². The number of fused-ring (bicyclic) bond motifs is 4. The number of amides is 2. The van der Waals surface area contributed by atoms with Gasteiger partial charge in [-0.15, -0.1) is 0 Å². The van der Waals surface area contributed by atoms with Crippen molar-refractivity contribution in [2.45, 2.75) is 44.8 Å². The van der Waals surface area contributed by atoms with Crippen molar-refractivity contribution in [1.82, 2.24) is 15.9 Å². The van der Waals surface area contributed by atoms with E-state index in [1.165, 1.54) is 7.05 Å². The molecule has 9 nitrogen and oxygen atoms in total. The summed E-state index contributed by atoms with van der Waals surface area (Å²) in [7, 11) is 1.39. The molecule has 0 aromatic heterocycles. The molecule has 0 fully saturated rings. The van der Waals surface area contributed by atoms with Crippen molar-refractivity contribution in [2.24, 2.45) is 0 Å². The summed E-state index contributed by atoms with van der Waals surface area (Å²) < 4.78 is 10.8. The van der Waals surface area contributed by atoms with Crippen molar-refractivity contribution in [2.75, 3.05) is 13.7 Å². The summed E-state index contributed by atoms with van der Waals surface area (Å²) in [6.07, 6.45) is -1.56. The molecule has 222 valence electrons. The summed E-state index contributed by atoms with van der Waals surface area (Å²) in [4.78, 5) is 43.5. The van der Waals surface area contributed by atoms with Gasteiger partial charge in [-0.1, -0.05) is 96.6 Å². The van der Waals surface area contributed by atoms with E-state index in [2.05, 4.69) is 23.0 Å². The molecule has 0 unspecified atom stereocenters. The fraction of sp³-hybridized carbons (Fsp3) is 0.265. The van der Waals surface area contributed by atoms with Gasteiger partial charge in [0.05, 0.1) is 0 Å². The Balaban J connectivity index is 1.29. The quantitative estimate of drug-likeness (QED) is 0.191. The molecule has 1 aliphatic rings. The number of nitrogens with one attached hydrogen (secondary N) is 2. The van der Waals surface area contributed by atoms with Crippen molar-refractivity contribution in [1.29, 1.82) is 0 Å². The minimum atomic E-state index is -1.03. The highest BCUT2D eigenvalue weighted by Gasteiger charge is 2.31. The number of alkyl carbamates (subject to hydrolysis) is 1. The van der Waals surface area contributed by atoms with Gasteiger partial charge in [0.2, 0.25) is 0 Å². The van der Waals surface area contributed by atoms with E-state index in [1.807, 2.05) is 78.9 Å². The number of ether oxygens (including phenoxy) is 2. The number of carbonyl (C=O) groups is 3. The molecule has 0 heterocycles. The number of carbonyl (C=O) groups excluding carboxylic acids is 3. The van der Waals surface area contributed by atoms with Crippen LogP contribution in [-0.4, -0.2) is 48.5 Å². The zero-order chi connectivity index (χ0) is 30.6. The first-order valence-corrected chi connectivity index (χ1v) is 14.1. The third kappa shape index (κ3) is 7.13. The smallest absolute Gasteiger partial charge is 0.449 e. The summed E-state index contributed by atoms with van der Waals surface area (Å²) in [6, 6.07) is 28.8. The molecule has 2 amide bonds. The van der Waals surface area contributed by atoms with Crippen molar-refractivity contribution in [3.8, 4) is 11.1 Å². The Labute approximate surface area is 250 Å². The second-order valence-corrected chi connectivity index (χ2v) is 11.5. The molecule has 0 bridgehead atoms. The Bertz CT molecular complexity index is 1600. The summed E-state index contributed by atoms with van der Waals surface area (Å²) in [5, 5.41) is 5.78. The van der Waals surface area contributed by atoms with Gasteiger partial charge in [0.15, 0.2) is 0 Å². The van der Waals surface area contributed by atoms with Crippen LogP contribution >= 0.6 is 0 Å². The highest BCUT2D eigenvalue weighted by Crippen LogP contribution is 2.44. The number of hydrogen-bond donors (Lipinski definition) is 2. The number of benzene rings is 4. The minimum absolute atomic E-state index is 0.104. The predicted molar refractivity (Wildman–Crippen MR) is 163 cm³/mol. The lowest BCUT2D eigenvalue weighted by Gasteiger charge is -2.25. The first-order valence-electron chi connectivity index (χ1n) is 14.1. The normalized spacial score (nSPS) is 13.0. The number of hydrazine groups is 1. The second kappa shape index (κ2) is 12.5. The molecule has 0 spiro atoms. The maximum Gasteiger partial charge on any atom is 0.529 e. The zero-order valence-corrected chi connectivity index (χ0v) is 24.6. The maximum atomic E-state index is 13.5. The topological polar surface area (TPSA) is 106 Å². The molecule has 5 rings (SSSR count). The molecule has 1 aliphatic carbocycles. The Hall–Kier alpha value is -4.89. The third-order valence-electron chi connectivity index (χ3n) is 7.17. The SMILES string of the molecule is CN(NOC(=O)OC(C)(C)C)C(=O)[C@H](Cc1ccc2ccccc2c1)NC(=O)OCC1c2ccccc2-c2ccccc21. The van der Waals surface area contributed by atoms with Crippen LogP contribution in [-0.2, 0) is 25.5 Å². The summed E-state index contributed by atoms with van der Waals surface area (Å²) in [6.45, 7) is 5.19. The summed E-state index contributed by atoms with van der Waals surface area (Å²) in [5.74, 6) is -0.676. The molecule has 4 aromatic rings. The van der Waals surface area contributed by atoms with Gasteiger partial charge in [-0.2, -0.15) is 0 Å². The van der Waals surface area contributed by atoms with Gasteiger partial charge in [0, 0.05) is 19.4 Å². The molecule has 0 saturated carbocycles. The Kier molecular flexibility index (Phi) is 8.63. The second-order valence-electron chi connectivity index (χ2n) is 11.5. The van der Waals surface area contributed by atoms with E-state index in [4.69, 9.17) is 14.3 Å². The molecule has 9 heteroatoms. The van der Waals surface area contributed by atoms with Crippen molar-refractivity contribution in [3.63, 3.8) is 0 Å². The molecule has 43 heavy (non-hydrogen) atoms. The molecule has 0 aliphatic heterocycles. The summed E-state index contributed by atoms with van der Waals surface area (Å²) in [5.41, 5.74) is 6.76. The molecular formula is C34H35N3O6. The van der Waals surface area contributed by atoms with Gasteiger partial charge in [0.25, 0.3) is 5.91 Å². The first-order chi connectivity index (χ1) is 20.6. The monoisotopic (exact) mass is 581 g/mol. The lowest BCUT2D eigenvalue weighted by molar-refractivity contribution is -0.148. The maximum absolute atomic E-state index is 13.5. The van der Waals surface area contributed by atoms with Crippen LogP contribution in [0.2, 0.25) is 0 Å². The Morgan fingerprint density at radius 1 is 0.837 bits per heavy atom. The summed E-state index contributed by atoms with van der Waals surface area (Å²) >= 11 is 0. The Morgan fingerprint density at radius 3 is 2.09 bits per heavy atom. The van der Waals surface area contributed by atoms with E-state index in [0.717, 1.165) is 43.6 Å². The Morgan fingerprint density at radius 2 is 1.44 bits per heavy atom. The molecule has 1 atom stereocenters. The van der Waals surface area contributed by atoms with Gasteiger partial charge < -0.3 is 19.6 Å². The van der Waals surface area contributed by atoms with E-state index in [-0.39, 0.29) is 18.9 Å². The number of hydrogen-bond acceptors (Lipinski definition) is 7. The fourth-order valence-electron chi connectivity index (χ4n) is 5.24. The first kappa shape index (κ1) is 29.6. The van der Waals surface area contributed by atoms with E-state index in [1.54, 1.807) is 20.8 Å². The van der Waals surface area contributed by atoms with Gasteiger partial charge in [0.1, 0.15) is 18.2 Å². The number of rotatable bonds is 8. The van der Waals surface area contributed by atoms with Crippen molar-refractivity contribution < 1.29 is 28.7 Å². The van der Waals surface area contributed by atoms with E-state index < -0.39 is 29.8 Å². The fourth-order valence-corrected chi connectivity index (χ4v) is 5.24. The minimum Gasteiger partial charge on any atom is -0.449 e. The average Bonchev–Trinajstić information content (AvgIpc) is 3.30. The molecule has 2 N–H and O–H groups in total. The van der Waals surface area contributed by atoms with Gasteiger partial charge >= 0.3 is 12.2 Å². The molecule has 0 radical (unpaired) electrons. The van der Waals surface area contributed by atoms with Crippen LogP contribution in [0.1, 0.15) is 43.4 Å². The van der Waals surface area contributed by atoms with Crippen LogP contribution < -0.4 is 10.9 Å². The largest absolute Gasteiger partial charge is 0.529 e. The van der Waals surface area contributed by atoms with Gasteiger partial charge in [-0.05, 0) is 59.4 Å². The number of likely N-dealkylation sites (N-methyl/N-ethyl adjacent to an activating group) is 1. The third-order valence-corrected chi connectivity index (χ3v) is 7.17. The van der Waals surface area contributed by atoms with Crippen LogP contribution in [0.4, 0.5) is 9.59 Å². The molecule has 4 aromatic carbocycles. The number of nitrogens with zero attached hydrogens (tertiary/aromatic N) is 1. The molecular weight excluding hydrogens is 546 g/mol. The lowest BCUT2D eigenvalue weighted by Crippen LogP contribution is -2.53. The van der Waals surface area contributed by atoms with Crippen molar-refractivity contribution >= 4 is 28.9 Å². The standard InChI is InChI=1S/C34H35N3O6/c1-34(2,3)42-33(40)43-36-37(4)31(38)30(20-22-17-18-23-11-5-6-12-24(23)19-22)35-32(39)41-21-29-27-15-9-7-13-25(27)26-14-8-10-16-28(26)29/h5-19,29-30,36H,20-21H2,1-4H3,(H,35,39)/t30-/m0/s1. The molecule has 0 saturated heterocycles. The van der Waals surface area contributed by atoms with Crippen LogP contribution in [0.15, 0.2) is 91.0 Å². The van der Waals surface area contributed by atoms with Gasteiger partial charge in [-0.3, -0.25) is 4.79 Å². The van der Waals surface area contributed by atoms with Crippen LogP contribution in [0.3, 0.4) is 0 Å². The van der Waals surface area contributed by atoms with Gasteiger partial charge in [-0.25, -0.2) is 14.6 Å². The van der Waals surface area contributed by atoms with Crippen LogP contribution in [0, 0.1) is 0 Å². The van der Waals surface area contributed by atoms with Crippen LogP contribution in [0.5, 0.6) is 0 Å². The van der Waals surface area contributed by atoms with E-state index in [9.17, 15) is 14.4 Å². The lowest BCUT2D eigenvalue weighted by atomic mass is 9.98. The predicted octanol–water partition coefficient (Wildman–Crippen LogP) is 6.12. The average molecular weight is 582 g/mol. The van der Waals surface area contributed by atoms with Crippen molar-refractivity contribution in [3.05, 3.63) is 108 Å². The highest BCUT2D eigenvalue weighted by atomic mass is 16.8. The highest BCUT2D eigenvalue weighted by molar-refractivity contribution is 5.87. The van der Waals surface area contributed by atoms with Crippen LogP contribution in [0.25, 0.3) is 21.9 Å². The van der Waals surface area contributed by atoms with E-state index in [0.29, 0.717) is 0 Å². The zero-order valence-electron chi connectivity index (χ0n) is 24.6.